The zero-order valence-corrected chi connectivity index (χ0v) is 8.16. The van der Waals surface area contributed by atoms with Gasteiger partial charge in [-0.3, -0.25) is 4.79 Å². The maximum absolute atomic E-state index is 11.5. The van der Waals surface area contributed by atoms with Crippen LogP contribution in [0.5, 0.6) is 5.75 Å². The lowest BCUT2D eigenvalue weighted by molar-refractivity contribution is 0.0970. The maximum Gasteiger partial charge on any atom is 0.163 e. The molecule has 0 atom stereocenters. The van der Waals surface area contributed by atoms with Gasteiger partial charge >= 0.3 is 0 Å². The summed E-state index contributed by atoms with van der Waals surface area (Å²) in [6.07, 6.45) is 0.835. The molecule has 3 heteroatoms. The van der Waals surface area contributed by atoms with Crippen molar-refractivity contribution >= 4 is 5.78 Å². The van der Waals surface area contributed by atoms with E-state index in [1.54, 1.807) is 19.1 Å². The normalized spacial score (nSPS) is 10.1. The Bertz CT molecular complexity index is 331. The highest BCUT2D eigenvalue weighted by atomic mass is 16.3. The molecule has 1 aromatic rings. The van der Waals surface area contributed by atoms with Crippen LogP contribution in [0.25, 0.3) is 0 Å². The maximum atomic E-state index is 11.5. The average molecular weight is 194 g/mol. The van der Waals surface area contributed by atoms with E-state index in [1.165, 1.54) is 6.07 Å². The lowest BCUT2D eigenvalue weighted by Crippen LogP contribution is -2.02. The number of aromatic hydroxyl groups is 1. The minimum absolute atomic E-state index is 0.0107. The summed E-state index contributed by atoms with van der Waals surface area (Å²) in [5.41, 5.74) is 1.39. The van der Waals surface area contributed by atoms with Crippen molar-refractivity contribution in [2.45, 2.75) is 19.8 Å². The zero-order chi connectivity index (χ0) is 10.6. The summed E-state index contributed by atoms with van der Waals surface area (Å²) in [6, 6.07) is 4.68. The largest absolute Gasteiger partial charge is 0.508 e. The Morgan fingerprint density at radius 1 is 1.43 bits per heavy atom. The molecule has 2 N–H and O–H groups in total. The first-order chi connectivity index (χ1) is 6.65. The topological polar surface area (TPSA) is 57.5 Å². The fourth-order valence-corrected chi connectivity index (χ4v) is 1.33. The molecule has 1 aromatic carbocycles. The van der Waals surface area contributed by atoms with E-state index >= 15 is 0 Å². The van der Waals surface area contributed by atoms with Crippen molar-refractivity contribution in [2.24, 2.45) is 0 Å². The molecule has 0 fully saturated rings. The molecule has 0 spiro atoms. The first kappa shape index (κ1) is 10.7. The van der Waals surface area contributed by atoms with Crippen molar-refractivity contribution in [3.05, 3.63) is 29.3 Å². The SMILES string of the molecule is Cc1cc(O)ccc1C(=O)CCCO. The number of hydrogen-bond donors (Lipinski definition) is 2. The van der Waals surface area contributed by atoms with Gasteiger partial charge in [0, 0.05) is 18.6 Å². The van der Waals surface area contributed by atoms with Crippen LogP contribution in [-0.4, -0.2) is 22.6 Å². The molecule has 0 aliphatic carbocycles. The van der Waals surface area contributed by atoms with Crippen LogP contribution in [-0.2, 0) is 0 Å². The third kappa shape index (κ3) is 2.57. The molecule has 0 aromatic heterocycles. The predicted molar refractivity (Wildman–Crippen MR) is 53.5 cm³/mol. The zero-order valence-electron chi connectivity index (χ0n) is 8.16. The van der Waals surface area contributed by atoms with E-state index in [0.717, 1.165) is 5.56 Å². The van der Waals surface area contributed by atoms with E-state index in [4.69, 9.17) is 10.2 Å². The highest BCUT2D eigenvalue weighted by Crippen LogP contribution is 2.17. The molecule has 14 heavy (non-hydrogen) atoms. The van der Waals surface area contributed by atoms with Crippen molar-refractivity contribution in [1.29, 1.82) is 0 Å². The van der Waals surface area contributed by atoms with Gasteiger partial charge in [0.05, 0.1) is 0 Å². The second-order valence-corrected chi connectivity index (χ2v) is 3.25. The van der Waals surface area contributed by atoms with Crippen LogP contribution in [0.2, 0.25) is 0 Å². The number of ketones is 1. The Hall–Kier alpha value is -1.35. The second kappa shape index (κ2) is 4.77. The number of benzene rings is 1. The van der Waals surface area contributed by atoms with Crippen LogP contribution in [0.15, 0.2) is 18.2 Å². The smallest absolute Gasteiger partial charge is 0.163 e. The molecule has 76 valence electrons. The van der Waals surface area contributed by atoms with Crippen LogP contribution in [0.1, 0.15) is 28.8 Å². The summed E-state index contributed by atoms with van der Waals surface area (Å²) in [5, 5.41) is 17.7. The number of carbonyl (C=O) groups is 1. The summed E-state index contributed by atoms with van der Waals surface area (Å²) < 4.78 is 0. The van der Waals surface area contributed by atoms with Gasteiger partial charge in [0.1, 0.15) is 5.75 Å². The quantitative estimate of drug-likeness (QED) is 0.716. The molecule has 0 bridgehead atoms. The van der Waals surface area contributed by atoms with E-state index < -0.39 is 0 Å². The summed E-state index contributed by atoms with van der Waals surface area (Å²) in [6.45, 7) is 1.81. The van der Waals surface area contributed by atoms with E-state index in [2.05, 4.69) is 0 Å². The highest BCUT2D eigenvalue weighted by Gasteiger charge is 2.08. The number of aliphatic hydroxyl groups excluding tert-OH is 1. The predicted octanol–water partition coefficient (Wildman–Crippen LogP) is 1.66. The van der Waals surface area contributed by atoms with Crippen molar-refractivity contribution < 1.29 is 15.0 Å². The number of phenols is 1. The minimum atomic E-state index is 0.0107. The molecule has 0 amide bonds. The number of aryl methyl sites for hydroxylation is 1. The fourth-order valence-electron chi connectivity index (χ4n) is 1.33. The first-order valence-corrected chi connectivity index (χ1v) is 4.59. The van der Waals surface area contributed by atoms with E-state index in [0.29, 0.717) is 18.4 Å². The molecule has 1 rings (SSSR count). The third-order valence-corrected chi connectivity index (χ3v) is 2.07. The van der Waals surface area contributed by atoms with Crippen LogP contribution in [0.4, 0.5) is 0 Å². The van der Waals surface area contributed by atoms with Gasteiger partial charge < -0.3 is 10.2 Å². The standard InChI is InChI=1S/C11H14O3/c1-8-7-9(13)4-5-10(8)11(14)3-2-6-12/h4-5,7,12-13H,2-3,6H2,1H3. The molecule has 0 aliphatic heterocycles. The van der Waals surface area contributed by atoms with Gasteiger partial charge in [0.15, 0.2) is 5.78 Å². The molecule has 0 saturated heterocycles. The van der Waals surface area contributed by atoms with Crippen LogP contribution >= 0.6 is 0 Å². The summed E-state index contributed by atoms with van der Waals surface area (Å²) in [4.78, 5) is 11.5. The van der Waals surface area contributed by atoms with E-state index in [-0.39, 0.29) is 18.1 Å². The van der Waals surface area contributed by atoms with Gasteiger partial charge in [-0.25, -0.2) is 0 Å². The molecule has 0 heterocycles. The van der Waals surface area contributed by atoms with Crippen LogP contribution in [0.3, 0.4) is 0 Å². The van der Waals surface area contributed by atoms with Crippen molar-refractivity contribution in [3.63, 3.8) is 0 Å². The minimum Gasteiger partial charge on any atom is -0.508 e. The molecule has 0 aliphatic rings. The van der Waals surface area contributed by atoms with E-state index in [9.17, 15) is 4.79 Å². The van der Waals surface area contributed by atoms with E-state index in [1.807, 2.05) is 0 Å². The summed E-state index contributed by atoms with van der Waals surface area (Å²) in [5.74, 6) is 0.178. The Labute approximate surface area is 83.0 Å². The Balaban J connectivity index is 2.80. The van der Waals surface area contributed by atoms with Crippen molar-refractivity contribution in [2.75, 3.05) is 6.61 Å². The van der Waals surface area contributed by atoms with Crippen LogP contribution < -0.4 is 0 Å². The van der Waals surface area contributed by atoms with Gasteiger partial charge in [-0.1, -0.05) is 0 Å². The Morgan fingerprint density at radius 3 is 2.71 bits per heavy atom. The van der Waals surface area contributed by atoms with Gasteiger partial charge in [0.25, 0.3) is 0 Å². The lowest BCUT2D eigenvalue weighted by atomic mass is 10.0. The molecule has 3 nitrogen and oxygen atoms in total. The number of phenolic OH excluding ortho intramolecular Hbond substituents is 1. The highest BCUT2D eigenvalue weighted by molar-refractivity contribution is 5.97. The Morgan fingerprint density at radius 2 is 2.14 bits per heavy atom. The lowest BCUT2D eigenvalue weighted by Gasteiger charge is -2.04. The third-order valence-electron chi connectivity index (χ3n) is 2.07. The summed E-state index contributed by atoms with van der Waals surface area (Å²) >= 11 is 0. The van der Waals surface area contributed by atoms with Crippen molar-refractivity contribution in [3.8, 4) is 5.75 Å². The van der Waals surface area contributed by atoms with Crippen LogP contribution in [0, 0.1) is 6.92 Å². The summed E-state index contributed by atoms with van der Waals surface area (Å²) in [7, 11) is 0. The average Bonchev–Trinajstić information content (AvgIpc) is 2.14. The number of rotatable bonds is 4. The molecule has 0 unspecified atom stereocenters. The molecule has 0 saturated carbocycles. The Kier molecular flexibility index (Phi) is 3.65. The molecular formula is C11H14O3. The monoisotopic (exact) mass is 194 g/mol. The van der Waals surface area contributed by atoms with Gasteiger partial charge in [-0.2, -0.15) is 0 Å². The number of aliphatic hydroxyl groups is 1. The molecule has 0 radical (unpaired) electrons. The fraction of sp³-hybridized carbons (Fsp3) is 0.364. The number of Topliss-reactive ketones (excluding diaryl/α,β-unsaturated/α-hetero) is 1. The number of carbonyl (C=O) groups excluding carboxylic acids is 1. The van der Waals surface area contributed by atoms with Gasteiger partial charge in [0.2, 0.25) is 0 Å². The number of hydrogen-bond acceptors (Lipinski definition) is 3. The first-order valence-electron chi connectivity index (χ1n) is 4.59. The molecular weight excluding hydrogens is 180 g/mol. The van der Waals surface area contributed by atoms with Gasteiger partial charge in [-0.05, 0) is 37.1 Å². The van der Waals surface area contributed by atoms with Crippen molar-refractivity contribution in [1.82, 2.24) is 0 Å². The second-order valence-electron chi connectivity index (χ2n) is 3.25. The van der Waals surface area contributed by atoms with Gasteiger partial charge in [-0.15, -0.1) is 0 Å².